The quantitative estimate of drug-likeness (QED) is 0.509. The minimum Gasteiger partial charge on any atom is -0.508 e. The van der Waals surface area contributed by atoms with Gasteiger partial charge in [-0.05, 0) is 35.9 Å². The summed E-state index contributed by atoms with van der Waals surface area (Å²) in [6, 6.07) is 14.1. The van der Waals surface area contributed by atoms with Gasteiger partial charge in [0.15, 0.2) is 0 Å². The fourth-order valence-electron chi connectivity index (χ4n) is 2.05. The van der Waals surface area contributed by atoms with Crippen molar-refractivity contribution in [2.45, 2.75) is 0 Å². The highest BCUT2D eigenvalue weighted by atomic mass is 16.3. The van der Waals surface area contributed by atoms with Gasteiger partial charge in [0.05, 0.1) is 11.8 Å². The number of hydrogen-bond acceptors (Lipinski definition) is 3. The maximum atomic E-state index is 12.1. The number of carbonyl (C=O) groups excluding carboxylic acids is 1. The van der Waals surface area contributed by atoms with E-state index < -0.39 is 0 Å². The Hall–Kier alpha value is -3.08. The standard InChI is InChI=1S/C16H13N3O2/c20-12-7-5-11(6-8-12)9-18-19-16(21)14-10-17-15-4-2-1-3-13(14)15/h1-10,17,20H,(H,19,21)/b18-9-. The number of fused-ring (bicyclic) bond motifs is 1. The first-order valence-electron chi connectivity index (χ1n) is 6.42. The number of aromatic hydroxyl groups is 1. The maximum absolute atomic E-state index is 12.1. The second kappa shape index (κ2) is 5.50. The number of benzene rings is 2. The van der Waals surface area contributed by atoms with Crippen molar-refractivity contribution in [1.29, 1.82) is 0 Å². The zero-order chi connectivity index (χ0) is 14.7. The molecule has 0 aliphatic heterocycles. The summed E-state index contributed by atoms with van der Waals surface area (Å²) < 4.78 is 0. The number of aromatic amines is 1. The summed E-state index contributed by atoms with van der Waals surface area (Å²) in [5.74, 6) is -0.0857. The van der Waals surface area contributed by atoms with E-state index in [1.807, 2.05) is 24.3 Å². The fraction of sp³-hybridized carbons (Fsp3) is 0. The van der Waals surface area contributed by atoms with Crippen LogP contribution in [0.2, 0.25) is 0 Å². The summed E-state index contributed by atoms with van der Waals surface area (Å²) in [7, 11) is 0. The largest absolute Gasteiger partial charge is 0.508 e. The normalized spacial score (nSPS) is 11.0. The minimum absolute atomic E-state index is 0.190. The molecule has 0 spiro atoms. The van der Waals surface area contributed by atoms with Crippen molar-refractivity contribution >= 4 is 23.0 Å². The molecule has 0 aliphatic carbocycles. The van der Waals surface area contributed by atoms with Crippen molar-refractivity contribution < 1.29 is 9.90 Å². The van der Waals surface area contributed by atoms with Crippen LogP contribution in [0.4, 0.5) is 0 Å². The van der Waals surface area contributed by atoms with Gasteiger partial charge in [0, 0.05) is 17.1 Å². The van der Waals surface area contributed by atoms with E-state index in [-0.39, 0.29) is 11.7 Å². The number of rotatable bonds is 3. The lowest BCUT2D eigenvalue weighted by Gasteiger charge is -1.98. The SMILES string of the molecule is O=C(N/N=C\c1ccc(O)cc1)c1c[nH]c2ccccc12. The van der Waals surface area contributed by atoms with Crippen LogP contribution in [0.15, 0.2) is 59.8 Å². The molecule has 1 heterocycles. The third-order valence-corrected chi connectivity index (χ3v) is 3.11. The van der Waals surface area contributed by atoms with E-state index in [4.69, 9.17) is 0 Å². The van der Waals surface area contributed by atoms with Crippen LogP contribution in [0.25, 0.3) is 10.9 Å². The average molecular weight is 279 g/mol. The van der Waals surface area contributed by atoms with Crippen LogP contribution in [-0.4, -0.2) is 22.2 Å². The topological polar surface area (TPSA) is 77.5 Å². The number of amides is 1. The molecule has 5 heteroatoms. The Morgan fingerprint density at radius 1 is 1.14 bits per heavy atom. The summed E-state index contributed by atoms with van der Waals surface area (Å²) in [6.45, 7) is 0. The maximum Gasteiger partial charge on any atom is 0.273 e. The van der Waals surface area contributed by atoms with Gasteiger partial charge in [0.25, 0.3) is 5.91 Å². The monoisotopic (exact) mass is 279 g/mol. The van der Waals surface area contributed by atoms with Crippen molar-refractivity contribution in [2.24, 2.45) is 5.10 Å². The summed E-state index contributed by atoms with van der Waals surface area (Å²) in [5, 5.41) is 13.9. The number of nitrogens with one attached hydrogen (secondary N) is 2. The van der Waals surface area contributed by atoms with Crippen molar-refractivity contribution in [3.05, 3.63) is 65.9 Å². The third-order valence-electron chi connectivity index (χ3n) is 3.11. The van der Waals surface area contributed by atoms with Gasteiger partial charge in [0.2, 0.25) is 0 Å². The Balaban J connectivity index is 1.73. The molecular formula is C16H13N3O2. The number of aromatic nitrogens is 1. The minimum atomic E-state index is -0.275. The molecule has 104 valence electrons. The average Bonchev–Trinajstić information content (AvgIpc) is 2.93. The molecule has 1 amide bonds. The molecule has 0 aliphatic rings. The van der Waals surface area contributed by atoms with Crippen molar-refractivity contribution in [3.63, 3.8) is 0 Å². The number of phenols is 1. The van der Waals surface area contributed by atoms with Gasteiger partial charge in [0.1, 0.15) is 5.75 Å². The molecule has 0 radical (unpaired) electrons. The molecule has 0 bridgehead atoms. The van der Waals surface area contributed by atoms with Crippen LogP contribution in [-0.2, 0) is 0 Å². The Bertz CT molecular complexity index is 804. The highest BCUT2D eigenvalue weighted by molar-refractivity contribution is 6.06. The zero-order valence-electron chi connectivity index (χ0n) is 11.1. The molecular weight excluding hydrogens is 266 g/mol. The van der Waals surface area contributed by atoms with Crippen molar-refractivity contribution in [2.75, 3.05) is 0 Å². The fourth-order valence-corrected chi connectivity index (χ4v) is 2.05. The van der Waals surface area contributed by atoms with Crippen LogP contribution >= 0.6 is 0 Å². The first kappa shape index (κ1) is 12.9. The second-order valence-electron chi connectivity index (χ2n) is 4.54. The number of carbonyl (C=O) groups is 1. The van der Waals surface area contributed by atoms with E-state index in [1.54, 1.807) is 30.5 Å². The predicted molar refractivity (Wildman–Crippen MR) is 81.5 cm³/mol. The Kier molecular flexibility index (Phi) is 3.39. The zero-order valence-corrected chi connectivity index (χ0v) is 11.1. The van der Waals surface area contributed by atoms with Gasteiger partial charge in [-0.2, -0.15) is 5.10 Å². The van der Waals surface area contributed by atoms with E-state index in [1.165, 1.54) is 6.21 Å². The molecule has 3 N–H and O–H groups in total. The number of hydrazone groups is 1. The highest BCUT2D eigenvalue weighted by Gasteiger charge is 2.10. The van der Waals surface area contributed by atoms with Crippen LogP contribution in [0.5, 0.6) is 5.75 Å². The summed E-state index contributed by atoms with van der Waals surface area (Å²) in [6.07, 6.45) is 3.18. The molecule has 0 atom stereocenters. The smallest absolute Gasteiger partial charge is 0.273 e. The summed E-state index contributed by atoms with van der Waals surface area (Å²) in [4.78, 5) is 15.1. The lowest BCUT2D eigenvalue weighted by atomic mass is 10.2. The number of phenolic OH excluding ortho intramolecular Hbond substituents is 1. The van der Waals surface area contributed by atoms with E-state index in [0.29, 0.717) is 5.56 Å². The van der Waals surface area contributed by atoms with Crippen LogP contribution in [0.1, 0.15) is 15.9 Å². The molecule has 3 aromatic rings. The summed E-state index contributed by atoms with van der Waals surface area (Å²) >= 11 is 0. The molecule has 0 saturated carbocycles. The first-order valence-corrected chi connectivity index (χ1v) is 6.42. The van der Waals surface area contributed by atoms with E-state index in [9.17, 15) is 9.90 Å². The van der Waals surface area contributed by atoms with Gasteiger partial charge < -0.3 is 10.1 Å². The molecule has 0 unspecified atom stereocenters. The number of hydrogen-bond donors (Lipinski definition) is 3. The van der Waals surface area contributed by atoms with Crippen LogP contribution < -0.4 is 5.43 Å². The van der Waals surface area contributed by atoms with Gasteiger partial charge in [-0.3, -0.25) is 4.79 Å². The second-order valence-corrected chi connectivity index (χ2v) is 4.54. The molecule has 0 saturated heterocycles. The molecule has 1 aromatic heterocycles. The van der Waals surface area contributed by atoms with Crippen LogP contribution in [0.3, 0.4) is 0 Å². The lowest BCUT2D eigenvalue weighted by molar-refractivity contribution is 0.0957. The Morgan fingerprint density at radius 2 is 1.90 bits per heavy atom. The third kappa shape index (κ3) is 2.76. The molecule has 5 nitrogen and oxygen atoms in total. The highest BCUT2D eigenvalue weighted by Crippen LogP contribution is 2.17. The van der Waals surface area contributed by atoms with E-state index in [2.05, 4.69) is 15.5 Å². The van der Waals surface area contributed by atoms with Gasteiger partial charge in [-0.15, -0.1) is 0 Å². The molecule has 0 fully saturated rings. The van der Waals surface area contributed by atoms with Gasteiger partial charge >= 0.3 is 0 Å². The van der Waals surface area contributed by atoms with E-state index >= 15 is 0 Å². The molecule has 21 heavy (non-hydrogen) atoms. The van der Waals surface area contributed by atoms with Crippen LogP contribution in [0, 0.1) is 0 Å². The molecule has 3 rings (SSSR count). The van der Waals surface area contributed by atoms with Gasteiger partial charge in [-0.1, -0.05) is 18.2 Å². The number of para-hydroxylation sites is 1. The Morgan fingerprint density at radius 3 is 2.71 bits per heavy atom. The predicted octanol–water partition coefficient (Wildman–Crippen LogP) is 2.64. The van der Waals surface area contributed by atoms with Crippen molar-refractivity contribution in [1.82, 2.24) is 10.4 Å². The lowest BCUT2D eigenvalue weighted by Crippen LogP contribution is -2.17. The molecule has 2 aromatic carbocycles. The van der Waals surface area contributed by atoms with E-state index in [0.717, 1.165) is 16.5 Å². The summed E-state index contributed by atoms with van der Waals surface area (Å²) in [5.41, 5.74) is 4.73. The number of H-pyrrole nitrogens is 1. The first-order chi connectivity index (χ1) is 10.2. The van der Waals surface area contributed by atoms with Gasteiger partial charge in [-0.25, -0.2) is 5.43 Å². The van der Waals surface area contributed by atoms with Crippen molar-refractivity contribution in [3.8, 4) is 5.75 Å². The Labute approximate surface area is 120 Å². The number of nitrogens with zero attached hydrogens (tertiary/aromatic N) is 1.